The van der Waals surface area contributed by atoms with Crippen molar-refractivity contribution in [1.29, 1.82) is 0 Å². The second-order valence-electron chi connectivity index (χ2n) is 7.74. The summed E-state index contributed by atoms with van der Waals surface area (Å²) < 4.78 is 87.6. The molecular weight excluding hydrogens is 498 g/mol. The van der Waals surface area contributed by atoms with Gasteiger partial charge in [0.2, 0.25) is 0 Å². The molecule has 1 unspecified atom stereocenters. The van der Waals surface area contributed by atoms with Crippen LogP contribution in [0, 0.1) is 0 Å². The van der Waals surface area contributed by atoms with Gasteiger partial charge in [0.15, 0.2) is 0 Å². The van der Waals surface area contributed by atoms with E-state index in [0.717, 1.165) is 11.3 Å². The molecule has 2 aromatic carbocycles. The maximum Gasteiger partial charge on any atom is 0.459 e. The number of hydrogen-bond acceptors (Lipinski definition) is 5. The van der Waals surface area contributed by atoms with Crippen molar-refractivity contribution in [2.45, 2.75) is 51.1 Å². The lowest BCUT2D eigenvalue weighted by Gasteiger charge is -2.33. The number of benzene rings is 2. The monoisotopic (exact) mass is 520 g/mol. The summed E-state index contributed by atoms with van der Waals surface area (Å²) in [5, 5.41) is 30.2. The van der Waals surface area contributed by atoms with E-state index in [1.807, 2.05) is 0 Å². The minimum absolute atomic E-state index is 0.0265. The smallest absolute Gasteiger partial charge is 0.459 e. The van der Waals surface area contributed by atoms with E-state index in [2.05, 4.69) is 0 Å². The van der Waals surface area contributed by atoms with Gasteiger partial charge in [0, 0.05) is 21.6 Å². The van der Waals surface area contributed by atoms with Gasteiger partial charge in [0.25, 0.3) is 0 Å². The molecule has 0 amide bonds. The highest BCUT2D eigenvalue weighted by Crippen LogP contribution is 2.52. The van der Waals surface area contributed by atoms with Crippen molar-refractivity contribution in [2.24, 2.45) is 0 Å². The SMILES string of the molecule is CCc1cccc(-c2cc(COc3ccc(CO)c(CO)c3)cs2)c1C(O)(F)C(F)(F)C(F)(F)F. The fourth-order valence-corrected chi connectivity index (χ4v) is 4.52. The Bertz CT molecular complexity index is 1170. The summed E-state index contributed by atoms with van der Waals surface area (Å²) in [5.41, 5.74) is -0.112. The van der Waals surface area contributed by atoms with Crippen LogP contribution in [0.5, 0.6) is 5.75 Å². The number of aliphatic hydroxyl groups is 3. The molecule has 3 N–H and O–H groups in total. The number of hydrogen-bond donors (Lipinski definition) is 3. The molecule has 0 aliphatic rings. The predicted octanol–water partition coefficient (Wildman–Crippen LogP) is 5.85. The van der Waals surface area contributed by atoms with Gasteiger partial charge in [-0.1, -0.05) is 31.2 Å². The Morgan fingerprint density at radius 3 is 2.17 bits per heavy atom. The highest BCUT2D eigenvalue weighted by molar-refractivity contribution is 7.13. The summed E-state index contributed by atoms with van der Waals surface area (Å²) >= 11 is 0.962. The largest absolute Gasteiger partial charge is 0.489 e. The molecule has 1 aromatic heterocycles. The minimum Gasteiger partial charge on any atom is -0.489 e. The van der Waals surface area contributed by atoms with Crippen LogP contribution in [-0.4, -0.2) is 27.4 Å². The molecule has 3 rings (SSSR count). The van der Waals surface area contributed by atoms with Crippen LogP contribution < -0.4 is 4.74 Å². The van der Waals surface area contributed by atoms with E-state index in [9.17, 15) is 37.3 Å². The van der Waals surface area contributed by atoms with E-state index in [1.165, 1.54) is 37.3 Å². The number of rotatable bonds is 9. The van der Waals surface area contributed by atoms with Crippen LogP contribution in [0.3, 0.4) is 0 Å². The van der Waals surface area contributed by atoms with Crippen molar-refractivity contribution in [3.05, 3.63) is 75.7 Å². The first-order valence-corrected chi connectivity index (χ1v) is 11.3. The zero-order valence-corrected chi connectivity index (χ0v) is 19.2. The van der Waals surface area contributed by atoms with Crippen molar-refractivity contribution in [1.82, 2.24) is 0 Å². The van der Waals surface area contributed by atoms with Crippen LogP contribution in [-0.2, 0) is 32.1 Å². The number of alkyl halides is 6. The van der Waals surface area contributed by atoms with Crippen molar-refractivity contribution in [2.75, 3.05) is 0 Å². The van der Waals surface area contributed by atoms with Crippen molar-refractivity contribution in [3.63, 3.8) is 0 Å². The Kier molecular flexibility index (Phi) is 7.85. The molecule has 0 spiro atoms. The zero-order valence-electron chi connectivity index (χ0n) is 18.4. The standard InChI is InChI=1S/C24H22F6O4S/c1-2-15-4-3-5-19(21(15)22(25,33)23(26,27)24(28,29)30)20-8-14(13-35-20)12-34-18-7-6-16(10-31)17(9-18)11-32/h3-9,13,31-33H,2,10-12H2,1H3. The van der Waals surface area contributed by atoms with Crippen LogP contribution in [0.4, 0.5) is 26.3 Å². The van der Waals surface area contributed by atoms with E-state index in [1.54, 1.807) is 17.5 Å². The predicted molar refractivity (Wildman–Crippen MR) is 118 cm³/mol. The van der Waals surface area contributed by atoms with Gasteiger partial charge in [-0.15, -0.1) is 11.3 Å². The quantitative estimate of drug-likeness (QED) is 0.310. The van der Waals surface area contributed by atoms with Gasteiger partial charge in [0.05, 0.1) is 13.2 Å². The fourth-order valence-electron chi connectivity index (χ4n) is 3.59. The van der Waals surface area contributed by atoms with Crippen molar-refractivity contribution >= 4 is 11.3 Å². The van der Waals surface area contributed by atoms with E-state index in [-0.39, 0.29) is 42.2 Å². The van der Waals surface area contributed by atoms with Gasteiger partial charge in [-0.25, -0.2) is 0 Å². The molecule has 35 heavy (non-hydrogen) atoms. The van der Waals surface area contributed by atoms with Crippen molar-refractivity contribution in [3.8, 4) is 16.2 Å². The number of aryl methyl sites for hydroxylation is 1. The second-order valence-corrected chi connectivity index (χ2v) is 8.65. The lowest BCUT2D eigenvalue weighted by Crippen LogP contribution is -2.53. The molecule has 3 aromatic rings. The molecule has 4 nitrogen and oxygen atoms in total. The topological polar surface area (TPSA) is 69.9 Å². The fraction of sp³-hybridized carbons (Fsp3) is 0.333. The van der Waals surface area contributed by atoms with Crippen LogP contribution in [0.2, 0.25) is 0 Å². The Morgan fingerprint density at radius 1 is 0.886 bits per heavy atom. The Balaban J connectivity index is 1.95. The van der Waals surface area contributed by atoms with Gasteiger partial charge >= 0.3 is 18.0 Å². The van der Waals surface area contributed by atoms with Gasteiger partial charge in [-0.3, -0.25) is 0 Å². The molecule has 0 bridgehead atoms. The Hall–Kier alpha value is -2.60. The van der Waals surface area contributed by atoms with Gasteiger partial charge < -0.3 is 20.1 Å². The lowest BCUT2D eigenvalue weighted by molar-refractivity contribution is -0.379. The van der Waals surface area contributed by atoms with E-state index >= 15 is 4.39 Å². The molecule has 0 aliphatic carbocycles. The summed E-state index contributed by atoms with van der Waals surface area (Å²) in [6.07, 6.45) is -6.41. The van der Waals surface area contributed by atoms with Gasteiger partial charge in [-0.05, 0) is 46.7 Å². The average molecular weight is 520 g/mol. The van der Waals surface area contributed by atoms with Crippen LogP contribution in [0.15, 0.2) is 47.8 Å². The first-order chi connectivity index (χ1) is 16.4. The van der Waals surface area contributed by atoms with Crippen LogP contribution >= 0.6 is 11.3 Å². The molecule has 0 radical (unpaired) electrons. The highest BCUT2D eigenvalue weighted by atomic mass is 32.1. The third kappa shape index (κ3) is 5.18. The lowest BCUT2D eigenvalue weighted by atomic mass is 9.89. The minimum atomic E-state index is -6.32. The molecule has 0 saturated heterocycles. The third-order valence-corrected chi connectivity index (χ3v) is 6.49. The van der Waals surface area contributed by atoms with Gasteiger partial charge in [-0.2, -0.15) is 26.3 Å². The highest BCUT2D eigenvalue weighted by Gasteiger charge is 2.72. The molecule has 11 heteroatoms. The summed E-state index contributed by atoms with van der Waals surface area (Å²) in [7, 11) is 0. The Morgan fingerprint density at radius 2 is 1.57 bits per heavy atom. The first-order valence-electron chi connectivity index (χ1n) is 10.4. The summed E-state index contributed by atoms with van der Waals surface area (Å²) in [6, 6.07) is 9.86. The van der Waals surface area contributed by atoms with Crippen LogP contribution in [0.25, 0.3) is 10.4 Å². The number of ether oxygens (including phenoxy) is 1. The molecule has 0 saturated carbocycles. The molecule has 0 aliphatic heterocycles. The van der Waals surface area contributed by atoms with Crippen LogP contribution in [0.1, 0.15) is 34.7 Å². The van der Waals surface area contributed by atoms with Crippen molar-refractivity contribution < 1.29 is 46.4 Å². The molecule has 0 fully saturated rings. The average Bonchev–Trinajstić information content (AvgIpc) is 3.30. The maximum absolute atomic E-state index is 15.0. The molecule has 1 atom stereocenters. The van der Waals surface area contributed by atoms with Gasteiger partial charge in [0.1, 0.15) is 12.4 Å². The normalized spacial score (nSPS) is 14.1. The first kappa shape index (κ1) is 27.0. The molecule has 1 heterocycles. The van der Waals surface area contributed by atoms with E-state index in [4.69, 9.17) is 4.74 Å². The maximum atomic E-state index is 15.0. The number of thiophene rings is 1. The summed E-state index contributed by atoms with van der Waals surface area (Å²) in [5.74, 6) is -10.7. The number of halogens is 6. The van der Waals surface area contributed by atoms with E-state index in [0.29, 0.717) is 22.4 Å². The zero-order chi connectivity index (χ0) is 26.0. The third-order valence-electron chi connectivity index (χ3n) is 5.48. The van der Waals surface area contributed by atoms with E-state index < -0.39 is 23.5 Å². The summed E-state index contributed by atoms with van der Waals surface area (Å²) in [6.45, 7) is 0.834. The summed E-state index contributed by atoms with van der Waals surface area (Å²) in [4.78, 5) is 0.162. The second kappa shape index (κ2) is 10.2. The molecule has 190 valence electrons. The molecular formula is C24H22F6O4S. The number of aliphatic hydroxyl groups excluding tert-OH is 2. The Labute approximate surface area is 201 Å².